The number of phenolic OH excluding ortho intramolecular Hbond substituents is 2. The number of aromatic hydroxyl groups is 2. The molecule has 2 aliphatic rings. The molecule has 0 spiro atoms. The Hall–Kier alpha value is -5.19. The van der Waals surface area contributed by atoms with Crippen molar-refractivity contribution in [1.29, 1.82) is 0 Å². The van der Waals surface area contributed by atoms with Crippen molar-refractivity contribution in [3.63, 3.8) is 0 Å². The third-order valence-electron chi connectivity index (χ3n) is 8.74. The number of nitrogens with zero attached hydrogens (tertiary/aromatic N) is 4. The Morgan fingerprint density at radius 2 is 1.77 bits per heavy atom. The van der Waals surface area contributed by atoms with Crippen LogP contribution in [-0.4, -0.2) is 102 Å². The van der Waals surface area contributed by atoms with Crippen LogP contribution < -0.4 is 5.73 Å². The normalized spacial score (nSPS) is 18.0. The van der Waals surface area contributed by atoms with Gasteiger partial charge in [-0.1, -0.05) is 47.6 Å². The molecule has 1 saturated heterocycles. The number of likely N-dealkylation sites (N-methyl/N-ethyl adjacent to an activating group) is 1. The first-order valence-electron chi connectivity index (χ1n) is 16.2. The Kier molecular flexibility index (Phi) is 11.1. The van der Waals surface area contributed by atoms with Gasteiger partial charge in [0.15, 0.2) is 28.1 Å². The predicted molar refractivity (Wildman–Crippen MR) is 196 cm³/mol. The maximum absolute atomic E-state index is 13.4. The third kappa shape index (κ3) is 8.63. The molecule has 1 amide bonds. The number of carbonyl (C=O) groups excluding carboxylic acids is 2. The molecular weight excluding hydrogens is 711 g/mol. The van der Waals surface area contributed by atoms with Crippen LogP contribution >= 0.6 is 23.1 Å². The standard InChI is InChI=1S/C36H39N5O9S2/c1-36(2,34(48)49)50-39-29(25-19-52-35(37)38-25)28(44)16-24-31(45)40-30(33(46)47)23(18-51-32(24)40)11-9-20-5-7-22(8-6-20)17-41(3,4)14-13-21-10-12-26(42)27(43)15-21/h5-12,15,19,24,32H,13-14,16-18H2,1-4H3,(H5-,37,38,39,42,43,44,46,47,48,49)/p+1/t24-,32-/m1/s1. The van der Waals surface area contributed by atoms with E-state index in [9.17, 15) is 39.6 Å². The number of rotatable bonds is 15. The molecule has 3 aromatic rings. The number of aromatic nitrogens is 1. The van der Waals surface area contributed by atoms with Gasteiger partial charge in [0.25, 0.3) is 0 Å². The van der Waals surface area contributed by atoms with Gasteiger partial charge in [-0.05, 0) is 42.7 Å². The number of carboxylic acids is 2. The Bertz CT molecular complexity index is 1980. The largest absolute Gasteiger partial charge is 0.504 e. The fourth-order valence-corrected chi connectivity index (χ4v) is 7.63. The number of nitrogens with two attached hydrogens (primary N) is 1. The van der Waals surface area contributed by atoms with Gasteiger partial charge in [0.2, 0.25) is 11.5 Å². The predicted octanol–water partition coefficient (Wildman–Crippen LogP) is 4.08. The monoisotopic (exact) mass is 750 g/mol. The topological polar surface area (TPSA) is 213 Å². The van der Waals surface area contributed by atoms with Gasteiger partial charge in [0.1, 0.15) is 17.9 Å². The molecule has 0 saturated carbocycles. The fourth-order valence-electron chi connectivity index (χ4n) is 5.70. The smallest absolute Gasteiger partial charge is 0.352 e. The third-order valence-corrected chi connectivity index (χ3v) is 10.8. The van der Waals surface area contributed by atoms with Crippen LogP contribution in [0.25, 0.3) is 6.08 Å². The summed E-state index contributed by atoms with van der Waals surface area (Å²) in [5.41, 5.74) is 6.99. The van der Waals surface area contributed by atoms with E-state index in [1.54, 1.807) is 24.3 Å². The second-order valence-corrected chi connectivity index (χ2v) is 15.7. The number of ketones is 1. The summed E-state index contributed by atoms with van der Waals surface area (Å²) < 4.78 is 0.685. The van der Waals surface area contributed by atoms with E-state index in [2.05, 4.69) is 24.2 Å². The molecule has 0 unspecified atom stereocenters. The molecule has 0 aliphatic carbocycles. The maximum Gasteiger partial charge on any atom is 0.352 e. The number of anilines is 1. The fraction of sp³-hybridized carbons (Fsp3) is 0.333. The van der Waals surface area contributed by atoms with E-state index in [4.69, 9.17) is 10.6 Å². The second-order valence-electron chi connectivity index (χ2n) is 13.7. The number of amides is 1. The number of aliphatic carboxylic acids is 2. The maximum atomic E-state index is 13.4. The van der Waals surface area contributed by atoms with E-state index >= 15 is 0 Å². The van der Waals surface area contributed by atoms with Crippen molar-refractivity contribution in [2.24, 2.45) is 11.1 Å². The first-order chi connectivity index (χ1) is 24.5. The molecule has 2 aliphatic heterocycles. The van der Waals surface area contributed by atoms with Gasteiger partial charge in [0.05, 0.1) is 31.9 Å². The van der Waals surface area contributed by atoms with Crippen molar-refractivity contribution < 1.29 is 48.9 Å². The number of carboxylic acid groups (broad SMARTS) is 2. The lowest BCUT2D eigenvalue weighted by atomic mass is 9.89. The van der Waals surface area contributed by atoms with Gasteiger partial charge in [-0.2, -0.15) is 0 Å². The molecule has 3 heterocycles. The lowest BCUT2D eigenvalue weighted by Crippen LogP contribution is -2.62. The van der Waals surface area contributed by atoms with Crippen LogP contribution in [-0.2, 0) is 37.0 Å². The average Bonchev–Trinajstić information content (AvgIpc) is 3.52. The second kappa shape index (κ2) is 15.2. The van der Waals surface area contributed by atoms with E-state index in [1.807, 2.05) is 24.3 Å². The summed E-state index contributed by atoms with van der Waals surface area (Å²) in [6.45, 7) is 4.08. The molecule has 52 heavy (non-hydrogen) atoms. The Morgan fingerprint density at radius 1 is 1.08 bits per heavy atom. The van der Waals surface area contributed by atoms with Crippen LogP contribution in [0.5, 0.6) is 11.5 Å². The zero-order valence-electron chi connectivity index (χ0n) is 29.0. The first kappa shape index (κ1) is 38.1. The Morgan fingerprint density at radius 3 is 2.38 bits per heavy atom. The summed E-state index contributed by atoms with van der Waals surface area (Å²) in [6, 6.07) is 12.8. The molecule has 0 bridgehead atoms. The van der Waals surface area contributed by atoms with Crippen molar-refractivity contribution in [2.75, 3.05) is 32.1 Å². The van der Waals surface area contributed by atoms with Crippen LogP contribution in [0.4, 0.5) is 5.13 Å². The molecule has 16 heteroatoms. The van der Waals surface area contributed by atoms with Crippen molar-refractivity contribution in [3.8, 4) is 11.5 Å². The number of thiazole rings is 1. The molecule has 1 fully saturated rings. The van der Waals surface area contributed by atoms with Crippen molar-refractivity contribution in [2.45, 2.75) is 44.2 Å². The number of benzene rings is 2. The Balaban J connectivity index is 1.24. The highest BCUT2D eigenvalue weighted by Crippen LogP contribution is 2.45. The molecule has 0 radical (unpaired) electrons. The van der Waals surface area contributed by atoms with Crippen LogP contribution in [0.1, 0.15) is 42.7 Å². The van der Waals surface area contributed by atoms with Gasteiger partial charge in [-0.25, -0.2) is 14.6 Å². The summed E-state index contributed by atoms with van der Waals surface area (Å²) in [5.74, 6) is -4.54. The number of allylic oxidation sites excluding steroid dienone is 1. The molecular formula is C36H40N5O9S2+. The number of hydrogen-bond donors (Lipinski definition) is 5. The average molecular weight is 751 g/mol. The Labute approximate surface area is 308 Å². The van der Waals surface area contributed by atoms with E-state index in [-0.39, 0.29) is 40.2 Å². The summed E-state index contributed by atoms with van der Waals surface area (Å²) in [4.78, 5) is 61.2. The van der Waals surface area contributed by atoms with E-state index in [0.29, 0.717) is 15.8 Å². The number of quaternary nitrogens is 1. The van der Waals surface area contributed by atoms with Crippen molar-refractivity contribution in [1.82, 2.24) is 9.88 Å². The van der Waals surface area contributed by atoms with E-state index in [0.717, 1.165) is 47.5 Å². The number of fused-ring (bicyclic) bond motifs is 1. The van der Waals surface area contributed by atoms with Crippen LogP contribution in [0.2, 0.25) is 0 Å². The molecule has 14 nitrogen and oxygen atoms in total. The number of phenols is 2. The molecule has 5 rings (SSSR count). The number of oxime groups is 1. The first-order valence-corrected chi connectivity index (χ1v) is 18.1. The molecule has 1 aromatic heterocycles. The number of Topliss-reactive ketones (excluding diaryl/α,β-unsaturated/α-hetero) is 1. The minimum absolute atomic E-state index is 0.0791. The lowest BCUT2D eigenvalue weighted by molar-refractivity contribution is -0.903. The molecule has 2 aromatic carbocycles. The zero-order chi connectivity index (χ0) is 38.0. The molecule has 6 N–H and O–H groups in total. The number of nitrogen functional groups attached to an aromatic ring is 1. The van der Waals surface area contributed by atoms with Gasteiger partial charge in [-0.3, -0.25) is 14.5 Å². The lowest BCUT2D eigenvalue weighted by Gasteiger charge is -2.49. The minimum Gasteiger partial charge on any atom is -0.504 e. The van der Waals surface area contributed by atoms with Crippen LogP contribution in [0.3, 0.4) is 0 Å². The van der Waals surface area contributed by atoms with Crippen LogP contribution in [0, 0.1) is 5.92 Å². The van der Waals surface area contributed by atoms with Crippen molar-refractivity contribution >= 4 is 63.6 Å². The van der Waals surface area contributed by atoms with E-state index < -0.39 is 40.5 Å². The summed E-state index contributed by atoms with van der Waals surface area (Å²) >= 11 is 2.40. The zero-order valence-corrected chi connectivity index (χ0v) is 30.6. The van der Waals surface area contributed by atoms with Gasteiger partial charge >= 0.3 is 11.9 Å². The summed E-state index contributed by atoms with van der Waals surface area (Å²) in [7, 11) is 4.22. The van der Waals surface area contributed by atoms with Crippen LogP contribution in [0.15, 0.2) is 70.3 Å². The number of carbonyl (C=O) groups is 4. The summed E-state index contributed by atoms with van der Waals surface area (Å²) in [5, 5.41) is 43.7. The quantitative estimate of drug-likeness (QED) is 0.0489. The highest BCUT2D eigenvalue weighted by Gasteiger charge is 2.54. The van der Waals surface area contributed by atoms with Gasteiger partial charge < -0.3 is 35.5 Å². The SMILES string of the molecule is CC(C)(O/N=C(\C(=O)C[C@@H]1C(=O)N2C(C(=O)O)=C(C=Cc3ccc(C[N+](C)(C)CCc4ccc(O)c(O)c4)cc3)CS[C@H]12)c1csc(N)n1)C(=O)O. The van der Waals surface area contributed by atoms with E-state index in [1.165, 1.54) is 42.0 Å². The number of hydrogen-bond acceptors (Lipinski definition) is 12. The highest BCUT2D eigenvalue weighted by molar-refractivity contribution is 8.00. The molecule has 2 atom stereocenters. The minimum atomic E-state index is -1.75. The summed E-state index contributed by atoms with van der Waals surface area (Å²) in [6.07, 6.45) is 3.89. The number of thioether (sulfide) groups is 1. The van der Waals surface area contributed by atoms with Crippen molar-refractivity contribution in [3.05, 3.63) is 87.6 Å². The number of β-lactam (4-membered cyclic amide) rings is 1. The van der Waals surface area contributed by atoms with Gasteiger partial charge in [0, 0.05) is 29.5 Å². The highest BCUT2D eigenvalue weighted by atomic mass is 32.2. The van der Waals surface area contributed by atoms with Gasteiger partial charge in [-0.15, -0.1) is 23.1 Å². The molecule has 274 valence electrons.